The molecule has 1 atom stereocenters. The summed E-state index contributed by atoms with van der Waals surface area (Å²) in [7, 11) is 4.95. The summed E-state index contributed by atoms with van der Waals surface area (Å²) in [6.45, 7) is 2.74. The van der Waals surface area contributed by atoms with Gasteiger partial charge >= 0.3 is 0 Å². The molecule has 1 aliphatic carbocycles. The van der Waals surface area contributed by atoms with Gasteiger partial charge in [-0.3, -0.25) is 9.69 Å². The first-order valence-electron chi connectivity index (χ1n) is 11.0. The van der Waals surface area contributed by atoms with Gasteiger partial charge < -0.3 is 19.5 Å². The fraction of sp³-hybridized carbons (Fsp3) is 0.480. The number of nitrogens with zero attached hydrogens (tertiary/aromatic N) is 1. The van der Waals surface area contributed by atoms with Gasteiger partial charge in [-0.2, -0.15) is 0 Å². The third-order valence-corrected chi connectivity index (χ3v) is 7.64. The van der Waals surface area contributed by atoms with Crippen molar-refractivity contribution in [3.05, 3.63) is 42.0 Å². The number of carbonyl (C=O) groups excluding carboxylic acids is 1. The van der Waals surface area contributed by atoms with Crippen molar-refractivity contribution in [3.63, 3.8) is 0 Å². The number of benzene rings is 2. The Bertz CT molecular complexity index is 955. The fourth-order valence-electron chi connectivity index (χ4n) is 4.79. The second-order valence-electron chi connectivity index (χ2n) is 8.63. The predicted molar refractivity (Wildman–Crippen MR) is 128 cm³/mol. The number of hydrogen-bond acceptors (Lipinski definition) is 6. The normalized spacial score (nSPS) is 19.4. The Morgan fingerprint density at radius 1 is 1.03 bits per heavy atom. The molecule has 1 N–H and O–H groups in total. The van der Waals surface area contributed by atoms with Gasteiger partial charge in [0, 0.05) is 34.7 Å². The summed E-state index contributed by atoms with van der Waals surface area (Å²) >= 11 is 1.70. The average molecular weight is 457 g/mol. The first-order chi connectivity index (χ1) is 15.5. The van der Waals surface area contributed by atoms with Crippen molar-refractivity contribution in [3.8, 4) is 17.2 Å². The molecule has 1 heterocycles. The molecule has 2 aliphatic rings. The van der Waals surface area contributed by atoms with Gasteiger partial charge in [-0.25, -0.2) is 0 Å². The number of thioether (sulfide) groups is 1. The lowest BCUT2D eigenvalue weighted by atomic mass is 9.90. The Morgan fingerprint density at radius 3 is 2.25 bits per heavy atom. The zero-order valence-corrected chi connectivity index (χ0v) is 20.1. The van der Waals surface area contributed by atoms with E-state index in [9.17, 15) is 4.79 Å². The number of piperidine rings is 1. The van der Waals surface area contributed by atoms with E-state index in [1.165, 1.54) is 4.90 Å². The first kappa shape index (κ1) is 22.8. The minimum Gasteiger partial charge on any atom is -0.496 e. The summed E-state index contributed by atoms with van der Waals surface area (Å²) in [4.78, 5) is 16.4. The average Bonchev–Trinajstić information content (AvgIpc) is 3.54. The first-order valence-corrected chi connectivity index (χ1v) is 12.2. The van der Waals surface area contributed by atoms with E-state index in [4.69, 9.17) is 14.2 Å². The summed E-state index contributed by atoms with van der Waals surface area (Å²) < 4.78 is 16.4. The maximum Gasteiger partial charge on any atom is 0.228 e. The molecule has 4 rings (SSSR count). The van der Waals surface area contributed by atoms with Crippen molar-refractivity contribution in [2.75, 3.05) is 46.0 Å². The lowest BCUT2D eigenvalue weighted by Gasteiger charge is -2.33. The Morgan fingerprint density at radius 2 is 1.66 bits per heavy atom. The molecule has 32 heavy (non-hydrogen) atoms. The van der Waals surface area contributed by atoms with E-state index in [2.05, 4.69) is 16.5 Å². The number of amides is 1. The third kappa shape index (κ3) is 4.69. The highest BCUT2D eigenvalue weighted by Gasteiger charge is 2.58. The molecule has 2 aromatic rings. The molecule has 0 aromatic heterocycles. The van der Waals surface area contributed by atoms with E-state index in [0.717, 1.165) is 55.9 Å². The van der Waals surface area contributed by atoms with Crippen molar-refractivity contribution < 1.29 is 19.0 Å². The van der Waals surface area contributed by atoms with E-state index in [1.807, 2.05) is 36.4 Å². The molecule has 2 fully saturated rings. The van der Waals surface area contributed by atoms with Gasteiger partial charge in [0.05, 0.1) is 21.3 Å². The maximum atomic E-state index is 12.8. The molecule has 172 valence electrons. The van der Waals surface area contributed by atoms with Crippen LogP contribution in [0.25, 0.3) is 0 Å². The van der Waals surface area contributed by atoms with Gasteiger partial charge in [0.2, 0.25) is 5.91 Å². The van der Waals surface area contributed by atoms with Gasteiger partial charge in [-0.15, -0.1) is 11.8 Å². The molecule has 1 saturated heterocycles. The van der Waals surface area contributed by atoms with Crippen LogP contribution >= 0.6 is 11.8 Å². The number of ether oxygens (including phenoxy) is 3. The lowest BCUT2D eigenvalue weighted by molar-refractivity contribution is -0.118. The molecule has 2 aromatic carbocycles. The highest BCUT2D eigenvalue weighted by atomic mass is 32.2. The second-order valence-corrected chi connectivity index (χ2v) is 9.51. The van der Waals surface area contributed by atoms with Crippen LogP contribution in [0, 0.1) is 11.3 Å². The number of rotatable bonds is 8. The molecule has 1 spiro atoms. The highest BCUT2D eigenvalue weighted by molar-refractivity contribution is 7.98. The molecule has 0 bridgehead atoms. The van der Waals surface area contributed by atoms with Gasteiger partial charge in [-0.05, 0) is 74.4 Å². The monoisotopic (exact) mass is 456 g/mol. The van der Waals surface area contributed by atoms with Crippen molar-refractivity contribution in [1.82, 2.24) is 4.90 Å². The van der Waals surface area contributed by atoms with Gasteiger partial charge in [0.25, 0.3) is 0 Å². The van der Waals surface area contributed by atoms with E-state index < -0.39 is 0 Å². The highest BCUT2D eigenvalue weighted by Crippen LogP contribution is 2.59. The molecule has 1 aliphatic heterocycles. The van der Waals surface area contributed by atoms with E-state index in [-0.39, 0.29) is 17.2 Å². The standard InChI is InChI=1S/C25H32N2O4S/c1-29-21-14-23(31-3)22(30-2)13-17(21)16-27-11-9-25(10-12-27)15-20(25)24(28)26-18-5-7-19(32-4)8-6-18/h5-8,13-14,20H,9-12,15-16H2,1-4H3,(H,26,28)/t20-/m1/s1. The van der Waals surface area contributed by atoms with Crippen LogP contribution in [0.2, 0.25) is 0 Å². The second kappa shape index (κ2) is 9.63. The van der Waals surface area contributed by atoms with E-state index >= 15 is 0 Å². The number of carbonyl (C=O) groups is 1. The van der Waals surface area contributed by atoms with Crippen LogP contribution in [-0.4, -0.2) is 51.5 Å². The summed E-state index contributed by atoms with van der Waals surface area (Å²) in [5.41, 5.74) is 2.13. The maximum absolute atomic E-state index is 12.8. The van der Waals surface area contributed by atoms with Crippen molar-refractivity contribution in [1.29, 1.82) is 0 Å². The minimum atomic E-state index is 0.125. The van der Waals surface area contributed by atoms with Crippen molar-refractivity contribution >= 4 is 23.4 Å². The Hall–Kier alpha value is -2.38. The van der Waals surface area contributed by atoms with Crippen LogP contribution < -0.4 is 19.5 Å². The molecule has 7 heteroatoms. The summed E-state index contributed by atoms with van der Waals surface area (Å²) in [6, 6.07) is 11.9. The van der Waals surface area contributed by atoms with Crippen molar-refractivity contribution in [2.24, 2.45) is 11.3 Å². The number of anilines is 1. The molecule has 0 unspecified atom stereocenters. The largest absolute Gasteiger partial charge is 0.496 e. The van der Waals surface area contributed by atoms with E-state index in [1.54, 1.807) is 33.1 Å². The number of nitrogens with one attached hydrogen (secondary N) is 1. The lowest BCUT2D eigenvalue weighted by Crippen LogP contribution is -2.36. The van der Waals surface area contributed by atoms with Gasteiger partial charge in [-0.1, -0.05) is 0 Å². The SMILES string of the molecule is COc1cc(OC)c(OC)cc1CN1CCC2(CC1)C[C@@H]2C(=O)Nc1ccc(SC)cc1. The van der Waals surface area contributed by atoms with E-state index in [0.29, 0.717) is 11.5 Å². The van der Waals surface area contributed by atoms with Gasteiger partial charge in [0.1, 0.15) is 5.75 Å². The summed E-state index contributed by atoms with van der Waals surface area (Å²) in [6.07, 6.45) is 5.14. The number of methoxy groups -OCH3 is 3. The predicted octanol–water partition coefficient (Wildman–Crippen LogP) is 4.68. The molecule has 1 amide bonds. The zero-order valence-electron chi connectivity index (χ0n) is 19.3. The third-order valence-electron chi connectivity index (χ3n) is 6.90. The Balaban J connectivity index is 1.33. The Labute approximate surface area is 194 Å². The van der Waals surface area contributed by atoms with Gasteiger partial charge in [0.15, 0.2) is 11.5 Å². The van der Waals surface area contributed by atoms with Crippen LogP contribution in [0.1, 0.15) is 24.8 Å². The van der Waals surface area contributed by atoms with Crippen LogP contribution in [0.15, 0.2) is 41.3 Å². The number of hydrogen-bond donors (Lipinski definition) is 1. The molecular weight excluding hydrogens is 424 g/mol. The Kier molecular flexibility index (Phi) is 6.86. The molecule has 1 saturated carbocycles. The summed E-state index contributed by atoms with van der Waals surface area (Å²) in [5.74, 6) is 2.47. The zero-order chi connectivity index (χ0) is 22.7. The fourth-order valence-corrected chi connectivity index (χ4v) is 5.20. The van der Waals surface area contributed by atoms with Crippen LogP contribution in [0.4, 0.5) is 5.69 Å². The van der Waals surface area contributed by atoms with Crippen LogP contribution in [-0.2, 0) is 11.3 Å². The quantitative estimate of drug-likeness (QED) is 0.583. The molecular formula is C25H32N2O4S. The molecule has 0 radical (unpaired) electrons. The number of likely N-dealkylation sites (tertiary alicyclic amines) is 1. The molecule has 6 nitrogen and oxygen atoms in total. The minimum absolute atomic E-state index is 0.125. The van der Waals surface area contributed by atoms with Crippen LogP contribution in [0.3, 0.4) is 0 Å². The van der Waals surface area contributed by atoms with Crippen molar-refractivity contribution in [2.45, 2.75) is 30.7 Å². The van der Waals surface area contributed by atoms with Crippen LogP contribution in [0.5, 0.6) is 17.2 Å². The summed E-state index contributed by atoms with van der Waals surface area (Å²) in [5, 5.41) is 3.11. The topological polar surface area (TPSA) is 60.0 Å². The smallest absolute Gasteiger partial charge is 0.228 e.